The molecule has 1 N–H and O–H groups in total. The second kappa shape index (κ2) is 7.12. The van der Waals surface area contributed by atoms with E-state index in [-0.39, 0.29) is 24.6 Å². The van der Waals surface area contributed by atoms with Gasteiger partial charge in [-0.2, -0.15) is 5.10 Å². The third-order valence-corrected chi connectivity index (χ3v) is 3.75. The van der Waals surface area contributed by atoms with Gasteiger partial charge in [0.25, 0.3) is 0 Å². The van der Waals surface area contributed by atoms with Crippen LogP contribution in [0, 0.1) is 0 Å². The van der Waals surface area contributed by atoms with Crippen molar-refractivity contribution in [1.82, 2.24) is 24.0 Å². The average molecular weight is 328 g/mol. The number of aryl methyl sites for hydroxylation is 2. The van der Waals surface area contributed by atoms with Crippen LogP contribution in [0.15, 0.2) is 41.5 Å². The molecule has 0 atom stereocenters. The summed E-state index contributed by atoms with van der Waals surface area (Å²) in [5.41, 5.74) is 0.326. The monoisotopic (exact) mass is 328 g/mol. The zero-order valence-corrected chi connectivity index (χ0v) is 13.6. The van der Waals surface area contributed by atoms with Crippen LogP contribution in [0.3, 0.4) is 0 Å². The molecule has 0 spiro atoms. The van der Waals surface area contributed by atoms with Gasteiger partial charge in [-0.3, -0.25) is 9.20 Å². The van der Waals surface area contributed by atoms with Crippen LogP contribution in [0.2, 0.25) is 0 Å². The van der Waals surface area contributed by atoms with Crippen LogP contribution in [-0.4, -0.2) is 29.9 Å². The first-order chi connectivity index (χ1) is 11.7. The van der Waals surface area contributed by atoms with Gasteiger partial charge < -0.3 is 5.32 Å². The molecule has 0 aliphatic heterocycles. The van der Waals surface area contributed by atoms with Crippen LogP contribution in [0.1, 0.15) is 26.2 Å². The zero-order chi connectivity index (χ0) is 16.9. The Bertz CT molecular complexity index is 891. The van der Waals surface area contributed by atoms with Crippen molar-refractivity contribution in [3.8, 4) is 0 Å². The highest BCUT2D eigenvalue weighted by molar-refractivity contribution is 5.89. The first kappa shape index (κ1) is 16.0. The molecule has 0 radical (unpaired) electrons. The lowest BCUT2D eigenvalue weighted by atomic mass is 10.3. The molecule has 3 rings (SSSR count). The lowest BCUT2D eigenvalue weighted by Crippen LogP contribution is -2.24. The number of hydrogen-bond acceptors (Lipinski definition) is 4. The van der Waals surface area contributed by atoms with E-state index in [0.29, 0.717) is 11.5 Å². The van der Waals surface area contributed by atoms with Gasteiger partial charge in [0.2, 0.25) is 5.91 Å². The van der Waals surface area contributed by atoms with Gasteiger partial charge in [-0.15, -0.1) is 5.10 Å². The van der Waals surface area contributed by atoms with Crippen LogP contribution in [0.5, 0.6) is 0 Å². The molecule has 0 aromatic carbocycles. The third kappa shape index (κ3) is 3.37. The number of aromatic nitrogens is 5. The van der Waals surface area contributed by atoms with Crippen LogP contribution in [0.4, 0.5) is 5.82 Å². The Morgan fingerprint density at radius 2 is 2.08 bits per heavy atom. The fraction of sp³-hybridized carbons (Fsp3) is 0.375. The van der Waals surface area contributed by atoms with Crippen molar-refractivity contribution in [1.29, 1.82) is 0 Å². The molecule has 0 bridgehead atoms. The maximum Gasteiger partial charge on any atom is 0.350 e. The van der Waals surface area contributed by atoms with E-state index in [1.165, 1.54) is 9.08 Å². The molecule has 0 unspecified atom stereocenters. The van der Waals surface area contributed by atoms with Crippen LogP contribution in [-0.2, 0) is 17.9 Å². The first-order valence-corrected chi connectivity index (χ1v) is 8.05. The van der Waals surface area contributed by atoms with Crippen molar-refractivity contribution in [2.24, 2.45) is 0 Å². The number of unbranched alkanes of at least 4 members (excludes halogenated alkanes) is 1. The summed E-state index contributed by atoms with van der Waals surface area (Å²) in [4.78, 5) is 24.3. The predicted molar refractivity (Wildman–Crippen MR) is 89.8 cm³/mol. The van der Waals surface area contributed by atoms with E-state index in [9.17, 15) is 9.59 Å². The summed E-state index contributed by atoms with van der Waals surface area (Å²) < 4.78 is 4.54. The number of anilines is 1. The van der Waals surface area contributed by atoms with Crippen molar-refractivity contribution in [2.45, 2.75) is 39.3 Å². The van der Waals surface area contributed by atoms with Gasteiger partial charge in [0.15, 0.2) is 5.65 Å². The summed E-state index contributed by atoms with van der Waals surface area (Å²) in [5, 5.41) is 11.2. The van der Waals surface area contributed by atoms with E-state index in [1.807, 2.05) is 6.07 Å². The Labute approximate surface area is 138 Å². The Morgan fingerprint density at radius 3 is 2.88 bits per heavy atom. The lowest BCUT2D eigenvalue weighted by molar-refractivity contribution is -0.116. The van der Waals surface area contributed by atoms with Crippen molar-refractivity contribution in [2.75, 3.05) is 5.32 Å². The molecule has 0 aliphatic rings. The Hall–Kier alpha value is -2.90. The molecular formula is C16H20N6O2. The molecule has 1 amide bonds. The van der Waals surface area contributed by atoms with Crippen molar-refractivity contribution >= 4 is 17.4 Å². The topological polar surface area (TPSA) is 86.2 Å². The summed E-state index contributed by atoms with van der Waals surface area (Å²) in [5.74, 6) is 0.507. The zero-order valence-electron chi connectivity index (χ0n) is 13.6. The summed E-state index contributed by atoms with van der Waals surface area (Å²) >= 11 is 0. The number of nitrogens with one attached hydrogen (secondary N) is 1. The number of carbonyl (C=O) groups excluding carboxylic acids is 1. The molecule has 8 heteroatoms. The minimum absolute atomic E-state index is 0.169. The number of pyridine rings is 1. The van der Waals surface area contributed by atoms with Gasteiger partial charge in [0.1, 0.15) is 5.82 Å². The first-order valence-electron chi connectivity index (χ1n) is 8.05. The Kier molecular flexibility index (Phi) is 4.74. The fourth-order valence-electron chi connectivity index (χ4n) is 2.45. The van der Waals surface area contributed by atoms with Crippen molar-refractivity contribution in [3.05, 3.63) is 47.1 Å². The summed E-state index contributed by atoms with van der Waals surface area (Å²) in [6.45, 7) is 3.11. The molecule has 3 heterocycles. The summed E-state index contributed by atoms with van der Waals surface area (Å²) in [6.07, 6.45) is 5.55. The van der Waals surface area contributed by atoms with Crippen molar-refractivity contribution in [3.63, 3.8) is 0 Å². The van der Waals surface area contributed by atoms with Crippen LogP contribution >= 0.6 is 0 Å². The number of nitrogens with zero attached hydrogens (tertiary/aromatic N) is 5. The summed E-state index contributed by atoms with van der Waals surface area (Å²) in [7, 11) is 0. The molecule has 0 aliphatic carbocycles. The molecule has 24 heavy (non-hydrogen) atoms. The molecule has 0 fully saturated rings. The van der Waals surface area contributed by atoms with Crippen LogP contribution < -0.4 is 11.0 Å². The van der Waals surface area contributed by atoms with Crippen LogP contribution in [0.25, 0.3) is 5.65 Å². The normalized spacial score (nSPS) is 11.0. The van der Waals surface area contributed by atoms with E-state index in [4.69, 9.17) is 0 Å². The molecule has 3 aromatic heterocycles. The maximum absolute atomic E-state index is 12.1. The minimum Gasteiger partial charge on any atom is -0.311 e. The maximum atomic E-state index is 12.1. The molecule has 8 nitrogen and oxygen atoms in total. The molecular weight excluding hydrogens is 308 g/mol. The minimum atomic E-state index is -0.244. The second-order valence-corrected chi connectivity index (χ2v) is 5.53. The van der Waals surface area contributed by atoms with E-state index >= 15 is 0 Å². The second-order valence-electron chi connectivity index (χ2n) is 5.53. The quantitative estimate of drug-likeness (QED) is 0.712. The third-order valence-electron chi connectivity index (χ3n) is 3.75. The van der Waals surface area contributed by atoms with Crippen molar-refractivity contribution < 1.29 is 4.79 Å². The largest absolute Gasteiger partial charge is 0.350 e. The lowest BCUT2D eigenvalue weighted by Gasteiger charge is -2.08. The molecule has 0 saturated carbocycles. The van der Waals surface area contributed by atoms with E-state index in [2.05, 4.69) is 22.4 Å². The average Bonchev–Trinajstić information content (AvgIpc) is 3.16. The SMILES string of the molecule is CCCCn1nccc1NC(=O)CCn1nc2ccccn2c1=O. The van der Waals surface area contributed by atoms with E-state index in [1.54, 1.807) is 35.3 Å². The highest BCUT2D eigenvalue weighted by atomic mass is 16.2. The number of fused-ring (bicyclic) bond motifs is 1. The van der Waals surface area contributed by atoms with Gasteiger partial charge in [-0.1, -0.05) is 19.4 Å². The molecule has 3 aromatic rings. The highest BCUT2D eigenvalue weighted by Crippen LogP contribution is 2.08. The number of rotatable bonds is 7. The number of hydrogen-bond donors (Lipinski definition) is 1. The van der Waals surface area contributed by atoms with E-state index in [0.717, 1.165) is 19.4 Å². The smallest absolute Gasteiger partial charge is 0.311 e. The Balaban J connectivity index is 1.62. The van der Waals surface area contributed by atoms with Gasteiger partial charge in [-0.25, -0.2) is 14.2 Å². The van der Waals surface area contributed by atoms with Gasteiger partial charge in [-0.05, 0) is 18.6 Å². The molecule has 0 saturated heterocycles. The number of carbonyl (C=O) groups is 1. The summed E-state index contributed by atoms with van der Waals surface area (Å²) in [6, 6.07) is 7.11. The predicted octanol–water partition coefficient (Wildman–Crippen LogP) is 1.52. The van der Waals surface area contributed by atoms with Gasteiger partial charge in [0, 0.05) is 25.2 Å². The van der Waals surface area contributed by atoms with E-state index < -0.39 is 0 Å². The fourth-order valence-corrected chi connectivity index (χ4v) is 2.45. The molecule has 126 valence electrons. The van der Waals surface area contributed by atoms with Gasteiger partial charge >= 0.3 is 5.69 Å². The highest BCUT2D eigenvalue weighted by Gasteiger charge is 2.10. The number of amides is 1. The standard InChI is InChI=1S/C16H20N6O2/c1-2-3-11-21-13(7-9-17-21)18-15(23)8-12-22-16(24)20-10-5-4-6-14(20)19-22/h4-7,9-10H,2-3,8,11-12H2,1H3,(H,18,23). The Morgan fingerprint density at radius 1 is 1.21 bits per heavy atom. The van der Waals surface area contributed by atoms with Gasteiger partial charge in [0.05, 0.1) is 12.7 Å².